The molecular weight excluding hydrogens is 387 g/mol. The minimum Gasteiger partial charge on any atom is -0.409 e. The zero-order chi connectivity index (χ0) is 21.6. The molecule has 0 aliphatic carbocycles. The molecule has 0 aromatic carbocycles. The molecule has 0 radical (unpaired) electrons. The van der Waals surface area contributed by atoms with E-state index in [0.29, 0.717) is 13.2 Å². The summed E-state index contributed by atoms with van der Waals surface area (Å²) in [6, 6.07) is 0. The highest BCUT2D eigenvalue weighted by atomic mass is 31.2. The lowest BCUT2D eigenvalue weighted by atomic mass is 10.1. The SMILES string of the molecule is CCCCCCCCCCOP(=O)(CC(N)=NO)OCCCCCCCCCC. The number of hydrogen-bond acceptors (Lipinski definition) is 5. The summed E-state index contributed by atoms with van der Waals surface area (Å²) in [5, 5.41) is 11.7. The standard InChI is InChI=1S/C22H47N2O4P/c1-3-5-7-9-11-13-15-17-19-27-29(26,21-22(23)24-25)28-20-18-16-14-12-10-8-6-4-2/h25H,3-21H2,1-2H3,(H2,23,24). The lowest BCUT2D eigenvalue weighted by Crippen LogP contribution is -2.19. The molecule has 0 unspecified atom stereocenters. The summed E-state index contributed by atoms with van der Waals surface area (Å²) in [7, 11) is -3.35. The molecule has 29 heavy (non-hydrogen) atoms. The highest BCUT2D eigenvalue weighted by Gasteiger charge is 2.26. The van der Waals surface area contributed by atoms with Crippen molar-refractivity contribution >= 4 is 13.4 Å². The predicted octanol–water partition coefficient (Wildman–Crippen LogP) is 7.24. The summed E-state index contributed by atoms with van der Waals surface area (Å²) >= 11 is 0. The highest BCUT2D eigenvalue weighted by molar-refractivity contribution is 7.54. The van der Waals surface area contributed by atoms with Gasteiger partial charge in [-0.1, -0.05) is 109 Å². The maximum absolute atomic E-state index is 12.9. The average molecular weight is 435 g/mol. The summed E-state index contributed by atoms with van der Waals surface area (Å²) in [4.78, 5) is 0. The molecule has 0 aliphatic rings. The Hall–Kier alpha value is -0.580. The maximum Gasteiger partial charge on any atom is 0.338 e. The first kappa shape index (κ1) is 28.4. The summed E-state index contributed by atoms with van der Waals surface area (Å²) in [5.41, 5.74) is 5.55. The largest absolute Gasteiger partial charge is 0.409 e. The van der Waals surface area contributed by atoms with Gasteiger partial charge in [-0.2, -0.15) is 0 Å². The molecule has 174 valence electrons. The third-order valence-electron chi connectivity index (χ3n) is 5.06. The summed E-state index contributed by atoms with van der Waals surface area (Å²) in [6.45, 7) is 5.23. The van der Waals surface area contributed by atoms with E-state index in [1.165, 1.54) is 77.0 Å². The van der Waals surface area contributed by atoms with Crippen LogP contribution in [0.25, 0.3) is 0 Å². The van der Waals surface area contributed by atoms with Crippen LogP contribution in [-0.2, 0) is 13.6 Å². The molecule has 3 N–H and O–H groups in total. The Morgan fingerprint density at radius 3 is 1.41 bits per heavy atom. The molecule has 0 heterocycles. The van der Waals surface area contributed by atoms with Crippen molar-refractivity contribution in [2.24, 2.45) is 10.9 Å². The van der Waals surface area contributed by atoms with E-state index in [9.17, 15) is 4.57 Å². The number of hydrogen-bond donors (Lipinski definition) is 2. The topological polar surface area (TPSA) is 94.1 Å². The van der Waals surface area contributed by atoms with Gasteiger partial charge in [0.15, 0.2) is 5.84 Å². The van der Waals surface area contributed by atoms with Gasteiger partial charge in [-0.15, -0.1) is 0 Å². The zero-order valence-electron chi connectivity index (χ0n) is 19.1. The molecule has 6 nitrogen and oxygen atoms in total. The Kier molecular flexibility index (Phi) is 20.3. The Morgan fingerprint density at radius 1 is 0.724 bits per heavy atom. The van der Waals surface area contributed by atoms with Crippen molar-refractivity contribution in [1.82, 2.24) is 0 Å². The van der Waals surface area contributed by atoms with Crippen LogP contribution in [0.4, 0.5) is 0 Å². The van der Waals surface area contributed by atoms with E-state index < -0.39 is 7.60 Å². The lowest BCUT2D eigenvalue weighted by Gasteiger charge is -2.18. The molecule has 0 atom stereocenters. The first-order chi connectivity index (χ1) is 14.1. The van der Waals surface area contributed by atoms with Crippen molar-refractivity contribution in [3.8, 4) is 0 Å². The van der Waals surface area contributed by atoms with Gasteiger partial charge in [0.05, 0.1) is 13.2 Å². The van der Waals surface area contributed by atoms with Crippen LogP contribution in [0.5, 0.6) is 0 Å². The molecule has 0 spiro atoms. The van der Waals surface area contributed by atoms with Crippen LogP contribution in [-0.4, -0.2) is 30.4 Å². The van der Waals surface area contributed by atoms with E-state index in [1.807, 2.05) is 0 Å². The minimum atomic E-state index is -3.35. The van der Waals surface area contributed by atoms with E-state index in [0.717, 1.165) is 25.7 Å². The Balaban J connectivity index is 3.96. The van der Waals surface area contributed by atoms with Crippen molar-refractivity contribution in [2.75, 3.05) is 19.4 Å². The second-order valence-electron chi connectivity index (χ2n) is 7.98. The van der Waals surface area contributed by atoms with E-state index in [-0.39, 0.29) is 12.0 Å². The van der Waals surface area contributed by atoms with Crippen molar-refractivity contribution < 1.29 is 18.8 Å². The van der Waals surface area contributed by atoms with Crippen LogP contribution >= 0.6 is 7.60 Å². The van der Waals surface area contributed by atoms with Gasteiger partial charge in [0.25, 0.3) is 0 Å². The lowest BCUT2D eigenvalue weighted by molar-refractivity contribution is 0.200. The molecule has 0 fully saturated rings. The van der Waals surface area contributed by atoms with Gasteiger partial charge in [-0.25, -0.2) is 0 Å². The number of amidine groups is 1. The normalized spacial score (nSPS) is 12.6. The van der Waals surface area contributed by atoms with Crippen molar-refractivity contribution in [2.45, 2.75) is 117 Å². The first-order valence-corrected chi connectivity index (χ1v) is 13.6. The van der Waals surface area contributed by atoms with Gasteiger partial charge in [-0.05, 0) is 12.8 Å². The minimum absolute atomic E-state index is 0.111. The highest BCUT2D eigenvalue weighted by Crippen LogP contribution is 2.48. The molecule has 0 aliphatic heterocycles. The van der Waals surface area contributed by atoms with Gasteiger partial charge in [0.2, 0.25) is 0 Å². The number of rotatable bonds is 22. The van der Waals surface area contributed by atoms with Crippen molar-refractivity contribution in [3.05, 3.63) is 0 Å². The van der Waals surface area contributed by atoms with Crippen LogP contribution in [0.2, 0.25) is 0 Å². The molecule has 0 aromatic rings. The third kappa shape index (κ3) is 19.1. The molecule has 0 bridgehead atoms. The molecule has 0 aromatic heterocycles. The second kappa shape index (κ2) is 20.7. The fraction of sp³-hybridized carbons (Fsp3) is 0.955. The van der Waals surface area contributed by atoms with E-state index >= 15 is 0 Å². The second-order valence-corrected chi connectivity index (χ2v) is 10.0. The Bertz CT molecular complexity index is 407. The first-order valence-electron chi connectivity index (χ1n) is 11.9. The quantitative estimate of drug-likeness (QED) is 0.0467. The van der Waals surface area contributed by atoms with Crippen LogP contribution in [0.15, 0.2) is 5.16 Å². The summed E-state index contributed by atoms with van der Waals surface area (Å²) < 4.78 is 24.0. The fourth-order valence-corrected chi connectivity index (χ4v) is 4.77. The molecular formula is C22H47N2O4P. The predicted molar refractivity (Wildman–Crippen MR) is 123 cm³/mol. The van der Waals surface area contributed by atoms with Gasteiger partial charge in [0, 0.05) is 0 Å². The van der Waals surface area contributed by atoms with Gasteiger partial charge in [-0.3, -0.25) is 4.57 Å². The number of oxime groups is 1. The van der Waals surface area contributed by atoms with Gasteiger partial charge < -0.3 is 20.0 Å². The van der Waals surface area contributed by atoms with Crippen LogP contribution < -0.4 is 5.73 Å². The summed E-state index contributed by atoms with van der Waals surface area (Å²) in [6.07, 6.45) is 18.9. The van der Waals surface area contributed by atoms with Crippen LogP contribution in [0.3, 0.4) is 0 Å². The molecule has 0 saturated carbocycles. The van der Waals surface area contributed by atoms with Gasteiger partial charge in [0.1, 0.15) is 6.16 Å². The number of nitrogens with zero attached hydrogens (tertiary/aromatic N) is 1. The zero-order valence-corrected chi connectivity index (χ0v) is 20.0. The number of unbranched alkanes of at least 4 members (excludes halogenated alkanes) is 14. The smallest absolute Gasteiger partial charge is 0.338 e. The van der Waals surface area contributed by atoms with E-state index in [1.54, 1.807) is 0 Å². The fourth-order valence-electron chi connectivity index (χ4n) is 3.24. The third-order valence-corrected chi connectivity index (χ3v) is 6.92. The summed E-state index contributed by atoms with van der Waals surface area (Å²) in [5.74, 6) is -0.111. The van der Waals surface area contributed by atoms with Crippen molar-refractivity contribution in [3.63, 3.8) is 0 Å². The molecule has 0 rings (SSSR count). The maximum atomic E-state index is 12.9. The van der Waals surface area contributed by atoms with Crippen LogP contribution in [0, 0.1) is 0 Å². The van der Waals surface area contributed by atoms with Crippen LogP contribution in [0.1, 0.15) is 117 Å². The van der Waals surface area contributed by atoms with Crippen molar-refractivity contribution in [1.29, 1.82) is 0 Å². The monoisotopic (exact) mass is 434 g/mol. The number of nitrogens with two attached hydrogens (primary N) is 1. The average Bonchev–Trinajstić information content (AvgIpc) is 2.71. The molecule has 0 saturated heterocycles. The molecule has 0 amide bonds. The Labute approximate surface area is 179 Å². The molecule has 7 heteroatoms. The van der Waals surface area contributed by atoms with E-state index in [4.69, 9.17) is 20.0 Å². The van der Waals surface area contributed by atoms with E-state index in [2.05, 4.69) is 19.0 Å². The van der Waals surface area contributed by atoms with Gasteiger partial charge >= 0.3 is 7.60 Å². The Morgan fingerprint density at radius 2 is 1.07 bits per heavy atom.